The molecular weight excluding hydrogens is 352 g/mol. The average molecular weight is 368 g/mol. The van der Waals surface area contributed by atoms with Crippen molar-refractivity contribution in [3.05, 3.63) is 68.9 Å². The van der Waals surface area contributed by atoms with Crippen molar-refractivity contribution in [2.24, 2.45) is 10.8 Å². The number of para-hydroxylation sites is 1. The fraction of sp³-hybridized carbons (Fsp3) is 0.111. The number of fused-ring (bicyclic) bond motifs is 1. The van der Waals surface area contributed by atoms with E-state index in [1.54, 1.807) is 42.5 Å². The third-order valence-corrected chi connectivity index (χ3v) is 3.66. The molecule has 9 nitrogen and oxygen atoms in total. The number of hydrogen-bond acceptors (Lipinski definition) is 6. The number of carbonyl (C=O) groups excluding carboxylic acids is 1. The molecule has 0 aliphatic carbocycles. The molecule has 0 radical (unpaired) electrons. The second-order valence-electron chi connectivity index (χ2n) is 5.50. The van der Waals surface area contributed by atoms with Crippen LogP contribution in [0.1, 0.15) is 5.56 Å². The van der Waals surface area contributed by atoms with Crippen molar-refractivity contribution in [1.29, 1.82) is 0 Å². The summed E-state index contributed by atoms with van der Waals surface area (Å²) in [5.41, 5.74) is 4.87. The first-order chi connectivity index (χ1) is 13.0. The van der Waals surface area contributed by atoms with Crippen LogP contribution in [0.15, 0.2) is 57.2 Å². The highest BCUT2D eigenvalue weighted by molar-refractivity contribution is 5.81. The summed E-state index contributed by atoms with van der Waals surface area (Å²) in [6.45, 7) is -0.286. The van der Waals surface area contributed by atoms with Crippen molar-refractivity contribution >= 4 is 23.0 Å². The number of nitrogens with two attached hydrogens (primary N) is 1. The summed E-state index contributed by atoms with van der Waals surface area (Å²) < 4.78 is 11.2. The number of methoxy groups -OCH3 is 1. The topological polar surface area (TPSA) is 129 Å². The SMILES string of the molecule is COc1cc(C=Nn2c(=O)[nH]c3ccccc3c2=O)ccc1OCC(N)=O. The first-order valence-corrected chi connectivity index (χ1v) is 7.87. The van der Waals surface area contributed by atoms with Gasteiger partial charge in [-0.2, -0.15) is 5.10 Å². The molecule has 138 valence electrons. The molecule has 0 unspecified atom stereocenters. The Hall–Kier alpha value is -3.88. The van der Waals surface area contributed by atoms with Gasteiger partial charge >= 0.3 is 5.69 Å². The Kier molecular flexibility index (Phi) is 5.02. The highest BCUT2D eigenvalue weighted by Gasteiger charge is 2.08. The number of H-pyrrole nitrogens is 1. The van der Waals surface area contributed by atoms with E-state index in [0.717, 1.165) is 4.68 Å². The van der Waals surface area contributed by atoms with Gasteiger partial charge in [0, 0.05) is 0 Å². The van der Waals surface area contributed by atoms with E-state index in [1.807, 2.05) is 0 Å². The van der Waals surface area contributed by atoms with Crippen LogP contribution in [0.2, 0.25) is 0 Å². The predicted octanol–water partition coefficient (Wildman–Crippen LogP) is 0.445. The van der Waals surface area contributed by atoms with E-state index < -0.39 is 17.2 Å². The summed E-state index contributed by atoms with van der Waals surface area (Å²) in [6, 6.07) is 11.4. The number of carbonyl (C=O) groups is 1. The lowest BCUT2D eigenvalue weighted by Gasteiger charge is -2.09. The van der Waals surface area contributed by atoms with Gasteiger partial charge in [0.05, 0.1) is 24.2 Å². The number of hydrogen-bond donors (Lipinski definition) is 2. The van der Waals surface area contributed by atoms with E-state index in [1.165, 1.54) is 13.3 Å². The van der Waals surface area contributed by atoms with Gasteiger partial charge < -0.3 is 20.2 Å². The number of rotatable bonds is 6. The van der Waals surface area contributed by atoms with Crippen LogP contribution in [0.5, 0.6) is 11.5 Å². The number of nitrogens with zero attached hydrogens (tertiary/aromatic N) is 2. The highest BCUT2D eigenvalue weighted by Crippen LogP contribution is 2.27. The van der Waals surface area contributed by atoms with E-state index in [2.05, 4.69) is 10.1 Å². The van der Waals surface area contributed by atoms with Crippen LogP contribution in [-0.2, 0) is 4.79 Å². The largest absolute Gasteiger partial charge is 0.493 e. The van der Waals surface area contributed by atoms with Gasteiger partial charge in [-0.3, -0.25) is 9.59 Å². The van der Waals surface area contributed by atoms with Crippen LogP contribution in [0.25, 0.3) is 10.9 Å². The second-order valence-corrected chi connectivity index (χ2v) is 5.50. The molecular formula is C18H16N4O5. The summed E-state index contributed by atoms with van der Waals surface area (Å²) in [7, 11) is 1.44. The quantitative estimate of drug-likeness (QED) is 0.610. The molecule has 0 atom stereocenters. The predicted molar refractivity (Wildman–Crippen MR) is 99.5 cm³/mol. The zero-order valence-electron chi connectivity index (χ0n) is 14.3. The van der Waals surface area contributed by atoms with Gasteiger partial charge in [0.1, 0.15) is 0 Å². The first-order valence-electron chi connectivity index (χ1n) is 7.87. The molecule has 0 aliphatic rings. The van der Waals surface area contributed by atoms with Gasteiger partial charge in [-0.05, 0) is 35.9 Å². The van der Waals surface area contributed by atoms with E-state index in [4.69, 9.17) is 15.2 Å². The molecule has 3 N–H and O–H groups in total. The lowest BCUT2D eigenvalue weighted by Crippen LogP contribution is -2.32. The van der Waals surface area contributed by atoms with E-state index in [9.17, 15) is 14.4 Å². The smallest absolute Gasteiger partial charge is 0.349 e. The number of nitrogens with one attached hydrogen (secondary N) is 1. The molecule has 1 amide bonds. The Bertz CT molecular complexity index is 1150. The third-order valence-electron chi connectivity index (χ3n) is 3.66. The molecule has 1 heterocycles. The van der Waals surface area contributed by atoms with Crippen molar-refractivity contribution in [3.63, 3.8) is 0 Å². The average Bonchev–Trinajstić information content (AvgIpc) is 2.66. The molecule has 0 fully saturated rings. The fourth-order valence-corrected chi connectivity index (χ4v) is 2.41. The van der Waals surface area contributed by atoms with Crippen molar-refractivity contribution < 1.29 is 14.3 Å². The molecule has 27 heavy (non-hydrogen) atoms. The van der Waals surface area contributed by atoms with Gasteiger partial charge in [0.25, 0.3) is 11.5 Å². The second kappa shape index (κ2) is 7.56. The van der Waals surface area contributed by atoms with Crippen molar-refractivity contribution in [2.45, 2.75) is 0 Å². The Morgan fingerprint density at radius 1 is 1.22 bits per heavy atom. The van der Waals surface area contributed by atoms with Crippen molar-refractivity contribution in [3.8, 4) is 11.5 Å². The Balaban J connectivity index is 1.94. The van der Waals surface area contributed by atoms with Gasteiger partial charge in [0.15, 0.2) is 18.1 Å². The summed E-state index contributed by atoms with van der Waals surface area (Å²) >= 11 is 0. The Morgan fingerprint density at radius 3 is 2.74 bits per heavy atom. The van der Waals surface area contributed by atoms with Crippen LogP contribution in [0, 0.1) is 0 Å². The lowest BCUT2D eigenvalue weighted by molar-refractivity contribution is -0.119. The molecule has 9 heteroatoms. The van der Waals surface area contributed by atoms with Gasteiger partial charge in [-0.15, -0.1) is 4.68 Å². The molecule has 3 aromatic rings. The Morgan fingerprint density at radius 2 is 2.00 bits per heavy atom. The third kappa shape index (κ3) is 3.87. The molecule has 2 aromatic carbocycles. The number of amides is 1. The normalized spacial score (nSPS) is 11.0. The minimum atomic E-state index is -0.650. The van der Waals surface area contributed by atoms with Gasteiger partial charge in [-0.1, -0.05) is 12.1 Å². The number of aromatic amines is 1. The molecule has 0 saturated carbocycles. The Labute approximate surface area is 152 Å². The molecule has 0 saturated heterocycles. The number of primary amides is 1. The van der Waals surface area contributed by atoms with Crippen molar-refractivity contribution in [1.82, 2.24) is 9.66 Å². The van der Waals surface area contributed by atoms with E-state index >= 15 is 0 Å². The first kappa shape index (κ1) is 17.9. The van der Waals surface area contributed by atoms with E-state index in [-0.39, 0.29) is 6.61 Å². The summed E-state index contributed by atoms with van der Waals surface area (Å²) in [5.74, 6) is 0.0618. The zero-order valence-corrected chi connectivity index (χ0v) is 14.3. The molecule has 1 aromatic heterocycles. The highest BCUT2D eigenvalue weighted by atomic mass is 16.5. The fourth-order valence-electron chi connectivity index (χ4n) is 2.41. The monoisotopic (exact) mass is 368 g/mol. The van der Waals surface area contributed by atoms with Crippen molar-refractivity contribution in [2.75, 3.05) is 13.7 Å². The summed E-state index contributed by atoms with van der Waals surface area (Å²) in [5, 5.41) is 4.32. The summed E-state index contributed by atoms with van der Waals surface area (Å²) in [4.78, 5) is 38.0. The maximum absolute atomic E-state index is 12.4. The van der Waals surface area contributed by atoms with Crippen LogP contribution in [-0.4, -0.2) is 35.5 Å². The molecule has 0 bridgehead atoms. The molecule has 0 aliphatic heterocycles. The van der Waals surface area contributed by atoms with Crippen LogP contribution < -0.4 is 26.5 Å². The van der Waals surface area contributed by atoms with Crippen LogP contribution in [0.3, 0.4) is 0 Å². The standard InChI is InChI=1S/C18H16N4O5/c1-26-15-8-11(6-7-14(15)27-10-16(19)23)9-20-22-17(24)12-4-2-3-5-13(12)21-18(22)25/h2-9H,10H2,1H3,(H2,19,23)(H,21,25). The maximum atomic E-state index is 12.4. The molecule has 3 rings (SSSR count). The minimum Gasteiger partial charge on any atom is -0.493 e. The number of aromatic nitrogens is 2. The zero-order chi connectivity index (χ0) is 19.4. The van der Waals surface area contributed by atoms with Crippen LogP contribution in [0.4, 0.5) is 0 Å². The lowest BCUT2D eigenvalue weighted by atomic mass is 10.2. The van der Waals surface area contributed by atoms with Gasteiger partial charge in [-0.25, -0.2) is 4.79 Å². The molecule has 0 spiro atoms. The number of ether oxygens (including phenoxy) is 2. The summed E-state index contributed by atoms with van der Waals surface area (Å²) in [6.07, 6.45) is 1.34. The number of benzene rings is 2. The minimum absolute atomic E-state index is 0.286. The van der Waals surface area contributed by atoms with E-state index in [0.29, 0.717) is 28.0 Å². The van der Waals surface area contributed by atoms with Gasteiger partial charge in [0.2, 0.25) is 0 Å². The maximum Gasteiger partial charge on any atom is 0.349 e. The van der Waals surface area contributed by atoms with Crippen LogP contribution >= 0.6 is 0 Å².